The zero-order valence-electron chi connectivity index (χ0n) is 19.4. The summed E-state index contributed by atoms with van der Waals surface area (Å²) in [4.78, 5) is 0. The summed E-state index contributed by atoms with van der Waals surface area (Å²) in [6.45, 7) is 3.72. The number of aryl methyl sites for hydroxylation is 1. The van der Waals surface area contributed by atoms with Gasteiger partial charge in [-0.25, -0.2) is 13.2 Å². The first-order chi connectivity index (χ1) is 16.9. The third-order valence-electron chi connectivity index (χ3n) is 5.74. The summed E-state index contributed by atoms with van der Waals surface area (Å²) in [6.07, 6.45) is 0.863. The van der Waals surface area contributed by atoms with Gasteiger partial charge in [0.25, 0.3) is 0 Å². The maximum absolute atomic E-state index is 14.9. The Hall–Kier alpha value is -3.80. The summed E-state index contributed by atoms with van der Waals surface area (Å²) in [5.74, 6) is -3.74. The van der Waals surface area contributed by atoms with Crippen LogP contribution in [-0.4, -0.2) is 6.61 Å². The van der Waals surface area contributed by atoms with Crippen molar-refractivity contribution in [3.63, 3.8) is 0 Å². The van der Waals surface area contributed by atoms with Crippen LogP contribution >= 0.6 is 0 Å². The predicted octanol–water partition coefficient (Wildman–Crippen LogP) is 8.12. The maximum atomic E-state index is 14.9. The van der Waals surface area contributed by atoms with Crippen LogP contribution in [0, 0.1) is 23.3 Å². The molecule has 6 heteroatoms. The summed E-state index contributed by atoms with van der Waals surface area (Å²) in [5.41, 5.74) is 2.52. The number of hydrogen-bond donors (Lipinski definition) is 0. The van der Waals surface area contributed by atoms with E-state index < -0.39 is 23.3 Å². The van der Waals surface area contributed by atoms with E-state index in [-0.39, 0.29) is 35.7 Å². The number of halogens is 4. The minimum atomic E-state index is -1.06. The van der Waals surface area contributed by atoms with Crippen LogP contribution in [0.5, 0.6) is 11.5 Å². The molecule has 4 aromatic rings. The smallest absolute Gasteiger partial charge is 0.201 e. The van der Waals surface area contributed by atoms with Crippen molar-refractivity contribution in [1.29, 1.82) is 0 Å². The molecule has 2 nitrogen and oxygen atoms in total. The molecule has 0 aliphatic heterocycles. The Morgan fingerprint density at radius 3 is 1.69 bits per heavy atom. The maximum Gasteiger partial charge on any atom is 0.201 e. The second-order valence-corrected chi connectivity index (χ2v) is 7.94. The van der Waals surface area contributed by atoms with Gasteiger partial charge < -0.3 is 9.47 Å². The van der Waals surface area contributed by atoms with Gasteiger partial charge in [-0.1, -0.05) is 55.5 Å². The van der Waals surface area contributed by atoms with E-state index in [1.165, 1.54) is 18.2 Å². The molecule has 0 radical (unpaired) electrons. The van der Waals surface area contributed by atoms with Crippen LogP contribution in [0.15, 0.2) is 72.8 Å². The lowest BCUT2D eigenvalue weighted by atomic mass is 9.98. The van der Waals surface area contributed by atoms with Crippen LogP contribution < -0.4 is 9.47 Å². The molecule has 35 heavy (non-hydrogen) atoms. The molecule has 0 amide bonds. The van der Waals surface area contributed by atoms with E-state index in [1.807, 2.05) is 19.1 Å². The Bertz CT molecular complexity index is 1320. The molecule has 0 saturated carbocycles. The molecule has 0 spiro atoms. The average Bonchev–Trinajstić information content (AvgIpc) is 2.88. The van der Waals surface area contributed by atoms with Crippen LogP contribution in [-0.2, 0) is 13.0 Å². The van der Waals surface area contributed by atoms with Gasteiger partial charge in [-0.2, -0.15) is 4.39 Å². The molecule has 0 saturated heterocycles. The van der Waals surface area contributed by atoms with E-state index in [4.69, 9.17) is 9.47 Å². The fraction of sp³-hybridized carbons (Fsp3) is 0.172. The highest BCUT2D eigenvalue weighted by atomic mass is 19.2. The molecule has 4 rings (SSSR count). The Balaban J connectivity index is 1.50. The molecule has 0 N–H and O–H groups in total. The standard InChI is InChI=1S/C29H24F4O2/c1-3-18-5-7-19(8-6-18)23-14-15-24(28(32)27(23)31)20-9-12-22(13-10-20)35-17-21-11-16-25(34-4-2)29(33)26(21)30/h5-16H,3-4,17H2,1-2H3. The molecule has 180 valence electrons. The molecular weight excluding hydrogens is 456 g/mol. The summed E-state index contributed by atoms with van der Waals surface area (Å²) >= 11 is 0. The summed E-state index contributed by atoms with van der Waals surface area (Å²) in [7, 11) is 0. The first-order valence-electron chi connectivity index (χ1n) is 11.3. The Kier molecular flexibility index (Phi) is 7.39. The quantitative estimate of drug-likeness (QED) is 0.237. The fourth-order valence-electron chi connectivity index (χ4n) is 3.76. The van der Waals surface area contributed by atoms with E-state index in [9.17, 15) is 17.6 Å². The van der Waals surface area contributed by atoms with E-state index in [0.717, 1.165) is 12.0 Å². The van der Waals surface area contributed by atoms with Crippen molar-refractivity contribution >= 4 is 0 Å². The van der Waals surface area contributed by atoms with Gasteiger partial charge in [-0.05, 0) is 54.3 Å². The van der Waals surface area contributed by atoms with Gasteiger partial charge in [-0.15, -0.1) is 0 Å². The summed E-state index contributed by atoms with van der Waals surface area (Å²) in [6, 6.07) is 19.5. The zero-order valence-corrected chi connectivity index (χ0v) is 19.4. The predicted molar refractivity (Wildman–Crippen MR) is 128 cm³/mol. The molecule has 0 bridgehead atoms. The molecular formula is C29H24F4O2. The number of ether oxygens (including phenoxy) is 2. The Morgan fingerprint density at radius 2 is 1.14 bits per heavy atom. The van der Waals surface area contributed by atoms with Crippen molar-refractivity contribution in [2.75, 3.05) is 6.61 Å². The molecule has 0 heterocycles. The molecule has 0 unspecified atom stereocenters. The zero-order chi connectivity index (χ0) is 24.9. The highest BCUT2D eigenvalue weighted by Crippen LogP contribution is 2.32. The van der Waals surface area contributed by atoms with Crippen LogP contribution in [0.4, 0.5) is 17.6 Å². The van der Waals surface area contributed by atoms with Crippen LogP contribution in [0.25, 0.3) is 22.3 Å². The monoisotopic (exact) mass is 480 g/mol. The van der Waals surface area contributed by atoms with Gasteiger partial charge in [0.05, 0.1) is 6.61 Å². The average molecular weight is 481 g/mol. The van der Waals surface area contributed by atoms with Gasteiger partial charge in [0.15, 0.2) is 23.2 Å². The van der Waals surface area contributed by atoms with Crippen molar-refractivity contribution in [2.45, 2.75) is 26.9 Å². The lowest BCUT2D eigenvalue weighted by Crippen LogP contribution is -2.03. The molecule has 0 fully saturated rings. The number of rotatable bonds is 8. The topological polar surface area (TPSA) is 18.5 Å². The largest absolute Gasteiger partial charge is 0.491 e. The molecule has 4 aromatic carbocycles. The lowest BCUT2D eigenvalue weighted by Gasteiger charge is -2.12. The fourth-order valence-corrected chi connectivity index (χ4v) is 3.76. The third kappa shape index (κ3) is 5.16. The highest BCUT2D eigenvalue weighted by molar-refractivity contribution is 5.72. The van der Waals surface area contributed by atoms with E-state index in [0.29, 0.717) is 16.9 Å². The minimum absolute atomic E-state index is 0.0331. The van der Waals surface area contributed by atoms with Crippen LogP contribution in [0.3, 0.4) is 0 Å². The van der Waals surface area contributed by atoms with Crippen molar-refractivity contribution < 1.29 is 27.0 Å². The third-order valence-corrected chi connectivity index (χ3v) is 5.74. The molecule has 0 aliphatic carbocycles. The summed E-state index contributed by atoms with van der Waals surface area (Å²) < 4.78 is 68.7. The second kappa shape index (κ2) is 10.6. The van der Waals surface area contributed by atoms with Crippen LogP contribution in [0.2, 0.25) is 0 Å². The van der Waals surface area contributed by atoms with E-state index >= 15 is 0 Å². The first kappa shape index (κ1) is 24.3. The normalized spacial score (nSPS) is 10.9. The summed E-state index contributed by atoms with van der Waals surface area (Å²) in [5, 5.41) is 0. The van der Waals surface area contributed by atoms with Crippen molar-refractivity contribution in [1.82, 2.24) is 0 Å². The van der Waals surface area contributed by atoms with Crippen molar-refractivity contribution in [3.8, 4) is 33.8 Å². The van der Waals surface area contributed by atoms with Crippen LogP contribution in [0.1, 0.15) is 25.0 Å². The Labute approximate surface area is 201 Å². The first-order valence-corrected chi connectivity index (χ1v) is 11.3. The molecule has 0 aromatic heterocycles. The Morgan fingerprint density at radius 1 is 0.571 bits per heavy atom. The van der Waals surface area contributed by atoms with Gasteiger partial charge in [0.2, 0.25) is 5.82 Å². The number of hydrogen-bond acceptors (Lipinski definition) is 2. The van der Waals surface area contributed by atoms with Gasteiger partial charge in [0, 0.05) is 16.7 Å². The second-order valence-electron chi connectivity index (χ2n) is 7.94. The SMILES string of the molecule is CCOc1ccc(COc2ccc(-c3ccc(-c4ccc(CC)cc4)c(F)c3F)cc2)c(F)c1F. The number of benzene rings is 4. The van der Waals surface area contributed by atoms with Crippen molar-refractivity contribution in [3.05, 3.63) is 107 Å². The van der Waals surface area contributed by atoms with E-state index in [1.54, 1.807) is 49.4 Å². The van der Waals surface area contributed by atoms with Crippen molar-refractivity contribution in [2.24, 2.45) is 0 Å². The lowest BCUT2D eigenvalue weighted by molar-refractivity contribution is 0.289. The minimum Gasteiger partial charge on any atom is -0.491 e. The van der Waals surface area contributed by atoms with Gasteiger partial charge in [0.1, 0.15) is 12.4 Å². The van der Waals surface area contributed by atoms with Gasteiger partial charge in [-0.3, -0.25) is 0 Å². The highest BCUT2D eigenvalue weighted by Gasteiger charge is 2.17. The van der Waals surface area contributed by atoms with E-state index in [2.05, 4.69) is 0 Å². The molecule has 0 atom stereocenters. The molecule has 0 aliphatic rings. The van der Waals surface area contributed by atoms with Gasteiger partial charge >= 0.3 is 0 Å².